The third-order valence-corrected chi connectivity index (χ3v) is 4.80. The number of nitrogens with zero attached hydrogens (tertiary/aromatic N) is 1. The Morgan fingerprint density at radius 3 is 2.60 bits per heavy atom. The van der Waals surface area contributed by atoms with Gasteiger partial charge in [-0.2, -0.15) is 5.26 Å². The lowest BCUT2D eigenvalue weighted by Gasteiger charge is -2.10. The summed E-state index contributed by atoms with van der Waals surface area (Å²) in [7, 11) is 0. The van der Waals surface area contributed by atoms with Crippen molar-refractivity contribution in [2.75, 3.05) is 5.32 Å². The Morgan fingerprint density at radius 2 is 1.90 bits per heavy atom. The molecule has 0 fully saturated rings. The van der Waals surface area contributed by atoms with E-state index in [2.05, 4.69) is 11.4 Å². The molecule has 0 spiro atoms. The Balaban J connectivity index is 1.72. The van der Waals surface area contributed by atoms with Crippen LogP contribution in [0.2, 0.25) is 5.02 Å². The van der Waals surface area contributed by atoms with Crippen molar-refractivity contribution in [3.63, 3.8) is 0 Å². The van der Waals surface area contributed by atoms with E-state index in [4.69, 9.17) is 16.3 Å². The SMILES string of the molecule is Cc1cccc(COc2ccc(/C=C(\C#N)C(=O)Nc3ccccc3C)cc2Cl)c1. The van der Waals surface area contributed by atoms with Gasteiger partial charge in [0.25, 0.3) is 5.91 Å². The number of nitriles is 1. The average Bonchev–Trinajstić information content (AvgIpc) is 2.73. The highest BCUT2D eigenvalue weighted by molar-refractivity contribution is 6.32. The first-order valence-electron chi connectivity index (χ1n) is 9.43. The second kappa shape index (κ2) is 9.78. The molecule has 0 heterocycles. The molecular formula is C25H21ClN2O2. The van der Waals surface area contributed by atoms with E-state index in [0.717, 1.165) is 16.7 Å². The first-order valence-corrected chi connectivity index (χ1v) is 9.81. The minimum atomic E-state index is -0.470. The van der Waals surface area contributed by atoms with E-state index in [1.807, 2.05) is 56.3 Å². The number of amides is 1. The highest BCUT2D eigenvalue weighted by Gasteiger charge is 2.11. The van der Waals surface area contributed by atoms with Crippen LogP contribution in [-0.2, 0) is 11.4 Å². The zero-order valence-electron chi connectivity index (χ0n) is 16.8. The number of anilines is 1. The van der Waals surface area contributed by atoms with Crippen molar-refractivity contribution in [2.45, 2.75) is 20.5 Å². The lowest BCUT2D eigenvalue weighted by Crippen LogP contribution is -2.14. The van der Waals surface area contributed by atoms with E-state index >= 15 is 0 Å². The van der Waals surface area contributed by atoms with E-state index in [1.54, 1.807) is 24.3 Å². The fourth-order valence-electron chi connectivity index (χ4n) is 2.90. The van der Waals surface area contributed by atoms with Gasteiger partial charge in [0.15, 0.2) is 0 Å². The minimum Gasteiger partial charge on any atom is -0.487 e. The van der Waals surface area contributed by atoms with Crippen LogP contribution in [0.5, 0.6) is 5.75 Å². The number of carbonyl (C=O) groups is 1. The third kappa shape index (κ3) is 5.50. The van der Waals surface area contributed by atoms with Crippen LogP contribution in [0.4, 0.5) is 5.69 Å². The van der Waals surface area contributed by atoms with Gasteiger partial charge in [-0.05, 0) is 54.8 Å². The van der Waals surface area contributed by atoms with Crippen molar-refractivity contribution in [1.29, 1.82) is 5.26 Å². The van der Waals surface area contributed by atoms with Crippen LogP contribution < -0.4 is 10.1 Å². The summed E-state index contributed by atoms with van der Waals surface area (Å²) in [5.74, 6) is 0.0703. The van der Waals surface area contributed by atoms with Gasteiger partial charge < -0.3 is 10.1 Å². The van der Waals surface area contributed by atoms with Gasteiger partial charge >= 0.3 is 0 Å². The maximum Gasteiger partial charge on any atom is 0.266 e. The molecular weight excluding hydrogens is 396 g/mol. The largest absolute Gasteiger partial charge is 0.487 e. The van der Waals surface area contributed by atoms with Crippen molar-refractivity contribution >= 4 is 29.3 Å². The van der Waals surface area contributed by atoms with Crippen molar-refractivity contribution in [3.8, 4) is 11.8 Å². The van der Waals surface area contributed by atoms with Gasteiger partial charge in [-0.3, -0.25) is 4.79 Å². The van der Waals surface area contributed by atoms with E-state index in [0.29, 0.717) is 28.6 Å². The number of hydrogen-bond acceptors (Lipinski definition) is 3. The molecule has 0 atom stereocenters. The molecule has 0 aliphatic rings. The van der Waals surface area contributed by atoms with Crippen LogP contribution >= 0.6 is 11.6 Å². The van der Waals surface area contributed by atoms with Gasteiger partial charge in [0.05, 0.1) is 5.02 Å². The van der Waals surface area contributed by atoms with Crippen LogP contribution in [0.25, 0.3) is 6.08 Å². The molecule has 0 aliphatic heterocycles. The molecule has 1 amide bonds. The summed E-state index contributed by atoms with van der Waals surface area (Å²) in [6, 6.07) is 22.6. The van der Waals surface area contributed by atoms with E-state index in [9.17, 15) is 10.1 Å². The Labute approximate surface area is 181 Å². The lowest BCUT2D eigenvalue weighted by molar-refractivity contribution is -0.112. The Hall–Kier alpha value is -3.55. The first-order chi connectivity index (χ1) is 14.5. The molecule has 5 heteroatoms. The molecule has 0 saturated carbocycles. The summed E-state index contributed by atoms with van der Waals surface area (Å²) in [5.41, 5.74) is 4.43. The summed E-state index contributed by atoms with van der Waals surface area (Å²) >= 11 is 6.35. The number of carbonyl (C=O) groups excluding carboxylic acids is 1. The number of rotatable bonds is 6. The molecule has 150 valence electrons. The third-order valence-electron chi connectivity index (χ3n) is 4.50. The number of hydrogen-bond donors (Lipinski definition) is 1. The molecule has 3 aromatic rings. The molecule has 4 nitrogen and oxygen atoms in total. The highest BCUT2D eigenvalue weighted by Crippen LogP contribution is 2.27. The molecule has 30 heavy (non-hydrogen) atoms. The molecule has 0 aromatic heterocycles. The van der Waals surface area contributed by atoms with E-state index in [-0.39, 0.29) is 5.57 Å². The monoisotopic (exact) mass is 416 g/mol. The number of benzene rings is 3. The van der Waals surface area contributed by atoms with Gasteiger partial charge in [-0.25, -0.2) is 0 Å². The van der Waals surface area contributed by atoms with E-state index < -0.39 is 5.91 Å². The van der Waals surface area contributed by atoms with Gasteiger partial charge in [-0.1, -0.05) is 65.7 Å². The summed E-state index contributed by atoms with van der Waals surface area (Å²) in [6.07, 6.45) is 1.50. The predicted molar refractivity (Wildman–Crippen MR) is 120 cm³/mol. The number of para-hydroxylation sites is 1. The first kappa shape index (κ1) is 21.2. The summed E-state index contributed by atoms with van der Waals surface area (Å²) in [6.45, 7) is 4.32. The van der Waals surface area contributed by atoms with Crippen LogP contribution in [0.1, 0.15) is 22.3 Å². The average molecular weight is 417 g/mol. The Kier molecular flexibility index (Phi) is 6.90. The van der Waals surface area contributed by atoms with Crippen molar-refractivity contribution in [3.05, 3.63) is 99.6 Å². The van der Waals surface area contributed by atoms with Crippen LogP contribution in [0.3, 0.4) is 0 Å². The smallest absolute Gasteiger partial charge is 0.266 e. The zero-order chi connectivity index (χ0) is 21.5. The van der Waals surface area contributed by atoms with Gasteiger partial charge in [0.1, 0.15) is 24.0 Å². The molecule has 0 bridgehead atoms. The highest BCUT2D eigenvalue weighted by atomic mass is 35.5. The van der Waals surface area contributed by atoms with Crippen LogP contribution in [0, 0.1) is 25.2 Å². The fraction of sp³-hybridized carbons (Fsp3) is 0.120. The number of aryl methyl sites for hydroxylation is 2. The number of ether oxygens (including phenoxy) is 1. The molecule has 3 rings (SSSR count). The standard InChI is InChI=1S/C25H21ClN2O2/c1-17-6-5-8-20(12-17)16-30-24-11-10-19(14-22(24)26)13-21(15-27)25(29)28-23-9-4-3-7-18(23)2/h3-14H,16H2,1-2H3,(H,28,29)/b21-13+. The van der Waals surface area contributed by atoms with Crippen LogP contribution in [0.15, 0.2) is 72.3 Å². The lowest BCUT2D eigenvalue weighted by atomic mass is 10.1. The molecule has 0 aliphatic carbocycles. The fourth-order valence-corrected chi connectivity index (χ4v) is 3.15. The quantitative estimate of drug-likeness (QED) is 0.391. The maximum atomic E-state index is 12.5. The predicted octanol–water partition coefficient (Wildman–Crippen LogP) is 6.08. The van der Waals surface area contributed by atoms with Crippen molar-refractivity contribution in [1.82, 2.24) is 0 Å². The Morgan fingerprint density at radius 1 is 1.10 bits per heavy atom. The van der Waals surface area contributed by atoms with Gasteiger partial charge in [0.2, 0.25) is 0 Å². The molecule has 1 N–H and O–H groups in total. The zero-order valence-corrected chi connectivity index (χ0v) is 17.5. The second-order valence-electron chi connectivity index (χ2n) is 6.91. The topological polar surface area (TPSA) is 62.1 Å². The number of halogens is 1. The summed E-state index contributed by atoms with van der Waals surface area (Å²) in [4.78, 5) is 12.5. The summed E-state index contributed by atoms with van der Waals surface area (Å²) < 4.78 is 5.81. The van der Waals surface area contributed by atoms with Gasteiger partial charge in [0, 0.05) is 5.69 Å². The number of nitrogens with one attached hydrogen (secondary N) is 1. The molecule has 3 aromatic carbocycles. The molecule has 0 radical (unpaired) electrons. The second-order valence-corrected chi connectivity index (χ2v) is 7.31. The Bertz CT molecular complexity index is 1150. The summed E-state index contributed by atoms with van der Waals surface area (Å²) in [5, 5.41) is 12.6. The van der Waals surface area contributed by atoms with Crippen LogP contribution in [-0.4, -0.2) is 5.91 Å². The van der Waals surface area contributed by atoms with Gasteiger partial charge in [-0.15, -0.1) is 0 Å². The molecule has 0 unspecified atom stereocenters. The van der Waals surface area contributed by atoms with Crippen molar-refractivity contribution in [2.24, 2.45) is 0 Å². The van der Waals surface area contributed by atoms with E-state index in [1.165, 1.54) is 6.08 Å². The minimum absolute atomic E-state index is 0.0113. The molecule has 0 saturated heterocycles. The van der Waals surface area contributed by atoms with Crippen molar-refractivity contribution < 1.29 is 9.53 Å². The normalized spacial score (nSPS) is 10.9. The maximum absolute atomic E-state index is 12.5.